The molecule has 1 aromatic heterocycles. The van der Waals surface area contributed by atoms with Gasteiger partial charge in [-0.1, -0.05) is 17.7 Å². The molecule has 0 aliphatic rings. The highest BCUT2D eigenvalue weighted by atomic mass is 32.1. The number of benzene rings is 1. The number of halogens is 1. The van der Waals surface area contributed by atoms with Gasteiger partial charge in [0, 0.05) is 11.0 Å². The Balaban J connectivity index is 2.37. The Morgan fingerprint density at radius 3 is 2.41 bits per heavy atom. The summed E-state index contributed by atoms with van der Waals surface area (Å²) < 4.78 is 13.0. The molecule has 0 saturated carbocycles. The predicted octanol–water partition coefficient (Wildman–Crippen LogP) is 4.16. The SMILES string of the molecule is CC(C)=CC(=O)Nc1cc(-c2ccc(F)cc2)sc1C(=O)O. The van der Waals surface area contributed by atoms with Crippen molar-refractivity contribution in [3.8, 4) is 10.4 Å². The van der Waals surface area contributed by atoms with Crippen LogP contribution in [0.4, 0.5) is 10.1 Å². The van der Waals surface area contributed by atoms with Gasteiger partial charge in [0.1, 0.15) is 10.7 Å². The zero-order valence-electron chi connectivity index (χ0n) is 12.0. The van der Waals surface area contributed by atoms with Gasteiger partial charge < -0.3 is 10.4 Å². The third-order valence-electron chi connectivity index (χ3n) is 2.73. The molecule has 2 aromatic rings. The largest absolute Gasteiger partial charge is 0.477 e. The highest BCUT2D eigenvalue weighted by Crippen LogP contribution is 2.35. The van der Waals surface area contributed by atoms with Crippen molar-refractivity contribution in [1.29, 1.82) is 0 Å². The highest BCUT2D eigenvalue weighted by molar-refractivity contribution is 7.18. The van der Waals surface area contributed by atoms with Gasteiger partial charge in [0.25, 0.3) is 0 Å². The van der Waals surface area contributed by atoms with E-state index in [1.807, 2.05) is 0 Å². The van der Waals surface area contributed by atoms with Gasteiger partial charge >= 0.3 is 5.97 Å². The molecule has 1 amide bonds. The number of nitrogens with one attached hydrogen (secondary N) is 1. The van der Waals surface area contributed by atoms with Crippen LogP contribution < -0.4 is 5.32 Å². The molecule has 0 saturated heterocycles. The molecule has 0 aliphatic heterocycles. The van der Waals surface area contributed by atoms with Crippen LogP contribution in [0.2, 0.25) is 0 Å². The van der Waals surface area contributed by atoms with Crippen molar-refractivity contribution in [3.63, 3.8) is 0 Å². The Kier molecular flexibility index (Phi) is 4.72. The molecule has 2 N–H and O–H groups in total. The molecule has 6 heteroatoms. The Morgan fingerprint density at radius 2 is 1.86 bits per heavy atom. The lowest BCUT2D eigenvalue weighted by Crippen LogP contribution is -2.10. The van der Waals surface area contributed by atoms with Crippen LogP contribution in [-0.4, -0.2) is 17.0 Å². The van der Waals surface area contributed by atoms with Crippen LogP contribution in [0.15, 0.2) is 42.0 Å². The number of amides is 1. The van der Waals surface area contributed by atoms with Crippen LogP contribution in [-0.2, 0) is 4.79 Å². The van der Waals surface area contributed by atoms with Crippen LogP contribution in [0.25, 0.3) is 10.4 Å². The quantitative estimate of drug-likeness (QED) is 0.832. The monoisotopic (exact) mass is 319 g/mol. The summed E-state index contributed by atoms with van der Waals surface area (Å²) in [6.07, 6.45) is 1.39. The summed E-state index contributed by atoms with van der Waals surface area (Å²) in [5.41, 5.74) is 1.74. The van der Waals surface area contributed by atoms with Gasteiger partial charge in [-0.05, 0) is 37.6 Å². The molecule has 1 aromatic carbocycles. The summed E-state index contributed by atoms with van der Waals surface area (Å²) in [6.45, 7) is 3.55. The summed E-state index contributed by atoms with van der Waals surface area (Å²) >= 11 is 1.03. The number of anilines is 1. The number of aromatic carboxylic acids is 1. The zero-order chi connectivity index (χ0) is 16.3. The van der Waals surface area contributed by atoms with Crippen LogP contribution in [0, 0.1) is 5.82 Å². The van der Waals surface area contributed by atoms with Crippen molar-refractivity contribution in [2.75, 3.05) is 5.32 Å². The molecular weight excluding hydrogens is 305 g/mol. The third kappa shape index (κ3) is 3.79. The van der Waals surface area contributed by atoms with E-state index in [0.717, 1.165) is 16.9 Å². The highest BCUT2D eigenvalue weighted by Gasteiger charge is 2.17. The number of carbonyl (C=O) groups excluding carboxylic acids is 1. The zero-order valence-corrected chi connectivity index (χ0v) is 12.8. The first-order valence-electron chi connectivity index (χ1n) is 6.46. The number of carboxylic acid groups (broad SMARTS) is 1. The minimum atomic E-state index is -1.12. The molecule has 1 heterocycles. The topological polar surface area (TPSA) is 66.4 Å². The normalized spacial score (nSPS) is 10.1. The lowest BCUT2D eigenvalue weighted by Gasteiger charge is -2.00. The summed E-state index contributed by atoms with van der Waals surface area (Å²) in [6, 6.07) is 7.31. The molecule has 0 aliphatic carbocycles. The van der Waals surface area contributed by atoms with Crippen molar-refractivity contribution in [2.24, 2.45) is 0 Å². The van der Waals surface area contributed by atoms with Crippen LogP contribution in [0.1, 0.15) is 23.5 Å². The van der Waals surface area contributed by atoms with Gasteiger partial charge in [0.2, 0.25) is 5.91 Å². The van der Waals surface area contributed by atoms with Gasteiger partial charge in [0.15, 0.2) is 0 Å². The standard InChI is InChI=1S/C16H14FNO3S/c1-9(2)7-14(19)18-12-8-13(22-15(12)16(20)21)10-3-5-11(17)6-4-10/h3-8H,1-2H3,(H,18,19)(H,20,21). The van der Waals surface area contributed by atoms with Crippen molar-refractivity contribution in [1.82, 2.24) is 0 Å². The molecular formula is C16H14FNO3S. The van der Waals surface area contributed by atoms with Crippen molar-refractivity contribution < 1.29 is 19.1 Å². The molecule has 0 fully saturated rings. The molecule has 0 radical (unpaired) electrons. The average molecular weight is 319 g/mol. The van der Waals surface area contributed by atoms with E-state index in [1.165, 1.54) is 18.2 Å². The molecule has 0 spiro atoms. The second-order valence-electron chi connectivity index (χ2n) is 4.88. The van der Waals surface area contributed by atoms with Gasteiger partial charge in [-0.3, -0.25) is 4.79 Å². The van der Waals surface area contributed by atoms with E-state index in [4.69, 9.17) is 0 Å². The lowest BCUT2D eigenvalue weighted by molar-refractivity contribution is -0.111. The van der Waals surface area contributed by atoms with Crippen LogP contribution in [0.5, 0.6) is 0 Å². The van der Waals surface area contributed by atoms with Gasteiger partial charge in [0.05, 0.1) is 5.69 Å². The number of thiophene rings is 1. The maximum absolute atomic E-state index is 13.0. The Hall–Kier alpha value is -2.47. The van der Waals surface area contributed by atoms with E-state index >= 15 is 0 Å². The summed E-state index contributed by atoms with van der Waals surface area (Å²) in [4.78, 5) is 23.8. The van der Waals surface area contributed by atoms with Gasteiger partial charge in [-0.15, -0.1) is 11.3 Å². The Labute approximate surface area is 130 Å². The Morgan fingerprint density at radius 1 is 1.23 bits per heavy atom. The number of hydrogen-bond donors (Lipinski definition) is 2. The molecule has 0 unspecified atom stereocenters. The van der Waals surface area contributed by atoms with E-state index in [9.17, 15) is 19.1 Å². The molecule has 114 valence electrons. The summed E-state index contributed by atoms with van der Waals surface area (Å²) in [5, 5.41) is 11.8. The number of rotatable bonds is 4. The van der Waals surface area contributed by atoms with Crippen LogP contribution >= 0.6 is 11.3 Å². The maximum Gasteiger partial charge on any atom is 0.348 e. The number of allylic oxidation sites excluding steroid dienone is 1. The van der Waals surface area contributed by atoms with Crippen LogP contribution in [0.3, 0.4) is 0 Å². The first kappa shape index (κ1) is 15.9. The van der Waals surface area contributed by atoms with E-state index < -0.39 is 5.97 Å². The third-order valence-corrected chi connectivity index (χ3v) is 3.90. The fourth-order valence-corrected chi connectivity index (χ4v) is 2.79. The van der Waals surface area contributed by atoms with Gasteiger partial charge in [-0.2, -0.15) is 0 Å². The second kappa shape index (κ2) is 6.53. The molecule has 22 heavy (non-hydrogen) atoms. The molecule has 0 atom stereocenters. The summed E-state index contributed by atoms with van der Waals surface area (Å²) in [5.74, 6) is -1.87. The Bertz CT molecular complexity index is 743. The minimum absolute atomic E-state index is 0.0369. The smallest absolute Gasteiger partial charge is 0.348 e. The average Bonchev–Trinajstić information content (AvgIpc) is 2.82. The molecule has 4 nitrogen and oxygen atoms in total. The van der Waals surface area contributed by atoms with E-state index in [0.29, 0.717) is 10.4 Å². The number of hydrogen-bond acceptors (Lipinski definition) is 3. The first-order chi connectivity index (χ1) is 10.4. The predicted molar refractivity (Wildman–Crippen MR) is 84.7 cm³/mol. The number of carboxylic acids is 1. The van der Waals surface area contributed by atoms with E-state index in [2.05, 4.69) is 5.32 Å². The lowest BCUT2D eigenvalue weighted by atomic mass is 10.2. The van der Waals surface area contributed by atoms with E-state index in [1.54, 1.807) is 32.0 Å². The molecule has 2 rings (SSSR count). The summed E-state index contributed by atoms with van der Waals surface area (Å²) in [7, 11) is 0. The van der Waals surface area contributed by atoms with Crippen molar-refractivity contribution in [3.05, 3.63) is 52.7 Å². The second-order valence-corrected chi connectivity index (χ2v) is 5.93. The van der Waals surface area contributed by atoms with Crippen molar-refractivity contribution >= 4 is 28.9 Å². The molecule has 0 bridgehead atoms. The van der Waals surface area contributed by atoms with Gasteiger partial charge in [-0.25, -0.2) is 9.18 Å². The van der Waals surface area contributed by atoms with E-state index in [-0.39, 0.29) is 22.3 Å². The maximum atomic E-state index is 13.0. The fourth-order valence-electron chi connectivity index (χ4n) is 1.83. The minimum Gasteiger partial charge on any atom is -0.477 e. The fraction of sp³-hybridized carbons (Fsp3) is 0.125. The first-order valence-corrected chi connectivity index (χ1v) is 7.27. The van der Waals surface area contributed by atoms with Crippen molar-refractivity contribution in [2.45, 2.75) is 13.8 Å². The number of carbonyl (C=O) groups is 2.